The Hall–Kier alpha value is -2.11. The molecule has 6 nitrogen and oxygen atoms in total. The highest BCUT2D eigenvalue weighted by atomic mass is 16.5. The number of nitrogens with zero attached hydrogens (tertiary/aromatic N) is 3. The van der Waals surface area contributed by atoms with Crippen molar-refractivity contribution in [2.75, 3.05) is 13.2 Å². The molecule has 0 bridgehead atoms. The average Bonchev–Trinajstić information content (AvgIpc) is 2.67. The number of hydrogen-bond acceptors (Lipinski definition) is 5. The molecule has 0 saturated carbocycles. The zero-order chi connectivity index (χ0) is 14.0. The van der Waals surface area contributed by atoms with Gasteiger partial charge in [-0.25, -0.2) is 14.8 Å². The first-order valence-electron chi connectivity index (χ1n) is 6.22. The van der Waals surface area contributed by atoms with Crippen LogP contribution in [0, 0.1) is 6.92 Å². The summed E-state index contributed by atoms with van der Waals surface area (Å²) in [7, 11) is 1.87. The van der Waals surface area contributed by atoms with Crippen molar-refractivity contribution >= 4 is 17.1 Å². The van der Waals surface area contributed by atoms with Gasteiger partial charge in [-0.05, 0) is 20.8 Å². The molecule has 0 atom stereocenters. The molecule has 0 amide bonds. The van der Waals surface area contributed by atoms with E-state index in [-0.39, 0.29) is 0 Å². The minimum atomic E-state index is -0.441. The average molecular weight is 263 g/mol. The summed E-state index contributed by atoms with van der Waals surface area (Å²) in [6.07, 6.45) is 1.48. The van der Waals surface area contributed by atoms with Crippen LogP contribution in [-0.4, -0.2) is 33.7 Å². The molecule has 0 spiro atoms. The Kier molecular flexibility index (Phi) is 3.69. The number of aromatic nitrogens is 3. The van der Waals surface area contributed by atoms with Gasteiger partial charge in [0, 0.05) is 13.2 Å². The summed E-state index contributed by atoms with van der Waals surface area (Å²) in [4.78, 5) is 20.6. The van der Waals surface area contributed by atoms with Gasteiger partial charge in [0.2, 0.25) is 0 Å². The highest BCUT2D eigenvalue weighted by Gasteiger charge is 2.21. The van der Waals surface area contributed by atoms with Gasteiger partial charge in [0.25, 0.3) is 0 Å². The topological polar surface area (TPSA) is 66.2 Å². The van der Waals surface area contributed by atoms with Crippen LogP contribution in [0.5, 0.6) is 5.75 Å². The fourth-order valence-corrected chi connectivity index (χ4v) is 1.86. The lowest BCUT2D eigenvalue weighted by Gasteiger charge is -2.09. The van der Waals surface area contributed by atoms with Gasteiger partial charge in [-0.2, -0.15) is 0 Å². The zero-order valence-electron chi connectivity index (χ0n) is 11.6. The van der Waals surface area contributed by atoms with Crippen LogP contribution in [0.15, 0.2) is 6.20 Å². The van der Waals surface area contributed by atoms with E-state index in [9.17, 15) is 4.79 Å². The van der Waals surface area contributed by atoms with Gasteiger partial charge < -0.3 is 14.0 Å². The molecule has 0 unspecified atom stereocenters. The van der Waals surface area contributed by atoms with Crippen molar-refractivity contribution in [3.8, 4) is 5.75 Å². The smallest absolute Gasteiger partial charge is 0.343 e. The van der Waals surface area contributed by atoms with E-state index in [0.29, 0.717) is 35.7 Å². The molecule has 6 heteroatoms. The molecule has 0 aromatic carbocycles. The largest absolute Gasteiger partial charge is 0.490 e. The number of ether oxygens (including phenoxy) is 2. The zero-order valence-corrected chi connectivity index (χ0v) is 11.6. The van der Waals surface area contributed by atoms with E-state index < -0.39 is 5.97 Å². The molecule has 0 radical (unpaired) electrons. The third kappa shape index (κ3) is 2.25. The molecule has 102 valence electrons. The van der Waals surface area contributed by atoms with E-state index in [2.05, 4.69) is 9.97 Å². The Morgan fingerprint density at radius 3 is 2.74 bits per heavy atom. The third-order valence-electron chi connectivity index (χ3n) is 2.85. The number of hydrogen-bond donors (Lipinski definition) is 0. The molecule has 0 fully saturated rings. The van der Waals surface area contributed by atoms with Crippen molar-refractivity contribution in [1.82, 2.24) is 14.5 Å². The Balaban J connectivity index is 2.65. The summed E-state index contributed by atoms with van der Waals surface area (Å²) in [5, 5.41) is 0. The van der Waals surface area contributed by atoms with Crippen LogP contribution in [0.1, 0.15) is 30.0 Å². The summed E-state index contributed by atoms with van der Waals surface area (Å²) in [6, 6.07) is 0. The van der Waals surface area contributed by atoms with Gasteiger partial charge in [0.05, 0.1) is 13.2 Å². The number of fused-ring (bicyclic) bond motifs is 1. The normalized spacial score (nSPS) is 10.7. The van der Waals surface area contributed by atoms with Crippen molar-refractivity contribution in [3.63, 3.8) is 0 Å². The van der Waals surface area contributed by atoms with E-state index in [1.807, 2.05) is 25.5 Å². The summed E-state index contributed by atoms with van der Waals surface area (Å²) in [5.41, 5.74) is 1.59. The molecule has 19 heavy (non-hydrogen) atoms. The summed E-state index contributed by atoms with van der Waals surface area (Å²) < 4.78 is 12.4. The monoisotopic (exact) mass is 263 g/mol. The second-order valence-electron chi connectivity index (χ2n) is 4.04. The van der Waals surface area contributed by atoms with E-state index in [1.54, 1.807) is 6.92 Å². The lowest BCUT2D eigenvalue weighted by atomic mass is 10.2. The number of carbonyl (C=O) groups is 1. The number of aryl methyl sites for hydroxylation is 2. The SMILES string of the molecule is CCOC(=O)c1cnc2c(nc(C)n2C)c1OCC. The van der Waals surface area contributed by atoms with Gasteiger partial charge >= 0.3 is 5.97 Å². The van der Waals surface area contributed by atoms with Crippen molar-refractivity contribution in [1.29, 1.82) is 0 Å². The number of imidazole rings is 1. The molecular formula is C13H17N3O3. The van der Waals surface area contributed by atoms with Crippen LogP contribution in [-0.2, 0) is 11.8 Å². The summed E-state index contributed by atoms with van der Waals surface area (Å²) in [6.45, 7) is 6.25. The first-order chi connectivity index (χ1) is 9.10. The molecular weight excluding hydrogens is 246 g/mol. The first-order valence-corrected chi connectivity index (χ1v) is 6.22. The molecule has 0 N–H and O–H groups in total. The predicted octanol–water partition coefficient (Wildman–Crippen LogP) is 1.85. The van der Waals surface area contributed by atoms with E-state index in [0.717, 1.165) is 5.82 Å². The minimum absolute atomic E-state index is 0.309. The predicted molar refractivity (Wildman–Crippen MR) is 70.4 cm³/mol. The van der Waals surface area contributed by atoms with Gasteiger partial charge in [-0.1, -0.05) is 0 Å². The summed E-state index contributed by atoms with van der Waals surface area (Å²) >= 11 is 0. The van der Waals surface area contributed by atoms with Crippen LogP contribution >= 0.6 is 0 Å². The van der Waals surface area contributed by atoms with E-state index in [1.165, 1.54) is 6.20 Å². The highest BCUT2D eigenvalue weighted by molar-refractivity contribution is 5.97. The molecule has 0 saturated heterocycles. The maximum atomic E-state index is 11.9. The Labute approximate surface area is 111 Å². The van der Waals surface area contributed by atoms with Gasteiger partial charge in [0.1, 0.15) is 11.4 Å². The second kappa shape index (κ2) is 5.26. The van der Waals surface area contributed by atoms with Crippen molar-refractivity contribution in [2.24, 2.45) is 7.05 Å². The Morgan fingerprint density at radius 2 is 2.11 bits per heavy atom. The van der Waals surface area contributed by atoms with E-state index in [4.69, 9.17) is 9.47 Å². The molecule has 2 rings (SSSR count). The second-order valence-corrected chi connectivity index (χ2v) is 4.04. The molecule has 2 heterocycles. The highest BCUT2D eigenvalue weighted by Crippen LogP contribution is 2.28. The number of esters is 1. The Bertz CT molecular complexity index is 619. The van der Waals surface area contributed by atoms with Crippen molar-refractivity contribution in [3.05, 3.63) is 17.6 Å². The number of pyridine rings is 1. The number of carbonyl (C=O) groups excluding carboxylic acids is 1. The summed E-state index contributed by atoms with van der Waals surface area (Å²) in [5.74, 6) is 0.808. The number of rotatable bonds is 4. The van der Waals surface area contributed by atoms with Crippen LogP contribution in [0.3, 0.4) is 0 Å². The van der Waals surface area contributed by atoms with Crippen molar-refractivity contribution in [2.45, 2.75) is 20.8 Å². The minimum Gasteiger partial charge on any atom is -0.490 e. The molecule has 0 aliphatic heterocycles. The first kappa shape index (κ1) is 13.3. The standard InChI is InChI=1S/C13H17N3O3/c1-5-18-11-9(13(17)19-6-2)7-14-12-10(11)15-8(3)16(12)4/h7H,5-6H2,1-4H3. The van der Waals surface area contributed by atoms with E-state index >= 15 is 0 Å². The molecule has 0 aliphatic carbocycles. The molecule has 2 aromatic rings. The quantitative estimate of drug-likeness (QED) is 0.787. The Morgan fingerprint density at radius 1 is 1.37 bits per heavy atom. The third-order valence-corrected chi connectivity index (χ3v) is 2.85. The lowest BCUT2D eigenvalue weighted by molar-refractivity contribution is 0.0522. The fraction of sp³-hybridized carbons (Fsp3) is 0.462. The maximum Gasteiger partial charge on any atom is 0.343 e. The van der Waals surface area contributed by atoms with Crippen LogP contribution in [0.4, 0.5) is 0 Å². The van der Waals surface area contributed by atoms with Crippen LogP contribution in [0.2, 0.25) is 0 Å². The maximum absolute atomic E-state index is 11.9. The fourth-order valence-electron chi connectivity index (χ4n) is 1.86. The molecule has 2 aromatic heterocycles. The van der Waals surface area contributed by atoms with Gasteiger partial charge in [-0.15, -0.1) is 0 Å². The van der Waals surface area contributed by atoms with Crippen LogP contribution in [0.25, 0.3) is 11.2 Å². The lowest BCUT2D eigenvalue weighted by Crippen LogP contribution is -2.09. The van der Waals surface area contributed by atoms with Gasteiger partial charge in [-0.3, -0.25) is 0 Å². The van der Waals surface area contributed by atoms with Crippen molar-refractivity contribution < 1.29 is 14.3 Å². The van der Waals surface area contributed by atoms with Crippen LogP contribution < -0.4 is 4.74 Å². The molecule has 0 aliphatic rings. The van der Waals surface area contributed by atoms with Gasteiger partial charge in [0.15, 0.2) is 16.9 Å².